The zero-order valence-corrected chi connectivity index (χ0v) is 20.8. The number of nitrogens with zero attached hydrogens (tertiary/aromatic N) is 1. The third kappa shape index (κ3) is 8.86. The molecule has 0 spiro atoms. The van der Waals surface area contributed by atoms with Crippen molar-refractivity contribution in [1.29, 1.82) is 0 Å². The number of piperidine rings is 1. The first-order valence-electron chi connectivity index (χ1n) is 12.6. The Kier molecular flexibility index (Phi) is 11.1. The van der Waals surface area contributed by atoms with Crippen molar-refractivity contribution < 1.29 is 32.6 Å². The van der Waals surface area contributed by atoms with E-state index in [-0.39, 0.29) is 31.1 Å². The van der Waals surface area contributed by atoms with Gasteiger partial charge in [0.05, 0.1) is 19.8 Å². The lowest BCUT2D eigenvalue weighted by molar-refractivity contribution is -0.00882. The fourth-order valence-corrected chi connectivity index (χ4v) is 4.93. The molecular weight excluding hydrogens is 474 g/mol. The standard InChI is InChI=1S/C25H38F2N4O5/c1-34-25(33)29-6-9-36-23(19-11-20(26)13-21(27)12-19)18-5-2-7-31(15-18)24(32)30-14-22(28)10-17-4-3-8-35-16-17/h11-13,17-18,22-23H,2-10,14-16,28H2,1H3,(H,29,33)(H,30,32)/t17-,18-,22-,23?/m1/s1. The Bertz CT molecular complexity index is 835. The summed E-state index contributed by atoms with van der Waals surface area (Å²) in [4.78, 5) is 25.9. The van der Waals surface area contributed by atoms with Crippen LogP contribution in [0.3, 0.4) is 0 Å². The number of likely N-dealkylation sites (tertiary alicyclic amines) is 1. The van der Waals surface area contributed by atoms with Gasteiger partial charge in [-0.3, -0.25) is 0 Å². The molecule has 4 N–H and O–H groups in total. The summed E-state index contributed by atoms with van der Waals surface area (Å²) in [7, 11) is 1.26. The number of nitrogens with two attached hydrogens (primary N) is 1. The number of ether oxygens (including phenoxy) is 3. The molecule has 1 unspecified atom stereocenters. The molecule has 0 radical (unpaired) electrons. The number of alkyl carbamates (subject to hydrolysis) is 1. The predicted octanol–water partition coefficient (Wildman–Crippen LogP) is 2.94. The number of urea groups is 1. The maximum Gasteiger partial charge on any atom is 0.406 e. The number of halogens is 2. The van der Waals surface area contributed by atoms with E-state index in [1.54, 1.807) is 4.90 Å². The van der Waals surface area contributed by atoms with Crippen LogP contribution in [0.2, 0.25) is 0 Å². The van der Waals surface area contributed by atoms with Gasteiger partial charge in [0.15, 0.2) is 0 Å². The summed E-state index contributed by atoms with van der Waals surface area (Å²) in [6, 6.07) is 2.92. The van der Waals surface area contributed by atoms with Crippen LogP contribution in [0.25, 0.3) is 0 Å². The van der Waals surface area contributed by atoms with E-state index >= 15 is 0 Å². The van der Waals surface area contributed by atoms with Gasteiger partial charge in [-0.2, -0.15) is 0 Å². The van der Waals surface area contributed by atoms with E-state index in [1.807, 2.05) is 0 Å². The van der Waals surface area contributed by atoms with Crippen LogP contribution in [-0.4, -0.2) is 76.2 Å². The summed E-state index contributed by atoms with van der Waals surface area (Å²) >= 11 is 0. The molecule has 2 heterocycles. The Morgan fingerprint density at radius 3 is 2.67 bits per heavy atom. The van der Waals surface area contributed by atoms with Crippen molar-refractivity contribution in [2.24, 2.45) is 17.6 Å². The Morgan fingerprint density at radius 1 is 1.19 bits per heavy atom. The minimum Gasteiger partial charge on any atom is -0.453 e. The van der Waals surface area contributed by atoms with Crippen LogP contribution in [0.4, 0.5) is 18.4 Å². The first-order valence-corrected chi connectivity index (χ1v) is 12.6. The number of hydrogen-bond acceptors (Lipinski definition) is 6. The number of hydrogen-bond donors (Lipinski definition) is 3. The third-order valence-corrected chi connectivity index (χ3v) is 6.65. The van der Waals surface area contributed by atoms with Crippen molar-refractivity contribution >= 4 is 12.1 Å². The van der Waals surface area contributed by atoms with Crippen molar-refractivity contribution in [2.45, 2.75) is 44.2 Å². The summed E-state index contributed by atoms with van der Waals surface area (Å²) < 4.78 is 44.0. The molecule has 2 fully saturated rings. The molecule has 1 aromatic carbocycles. The highest BCUT2D eigenvalue weighted by Gasteiger charge is 2.32. The van der Waals surface area contributed by atoms with Crippen LogP contribution in [-0.2, 0) is 14.2 Å². The van der Waals surface area contributed by atoms with Crippen molar-refractivity contribution in [3.05, 3.63) is 35.4 Å². The monoisotopic (exact) mass is 512 g/mol. The Balaban J connectivity index is 1.57. The minimum atomic E-state index is -0.700. The average Bonchev–Trinajstić information content (AvgIpc) is 2.87. The zero-order chi connectivity index (χ0) is 25.9. The van der Waals surface area contributed by atoms with Crippen LogP contribution < -0.4 is 16.4 Å². The number of benzene rings is 1. The Morgan fingerprint density at radius 2 is 1.97 bits per heavy atom. The summed E-state index contributed by atoms with van der Waals surface area (Å²) in [6.07, 6.45) is 3.12. The van der Waals surface area contributed by atoms with Gasteiger partial charge >= 0.3 is 12.1 Å². The molecule has 2 aliphatic rings. The SMILES string of the molecule is COC(=O)NCCOC(c1cc(F)cc(F)c1)[C@@H]1CCCN(C(=O)NC[C@H](N)C[C@H]2CCCOC2)C1. The highest BCUT2D eigenvalue weighted by atomic mass is 19.1. The van der Waals surface area contributed by atoms with E-state index in [2.05, 4.69) is 15.4 Å². The van der Waals surface area contributed by atoms with Gasteiger partial charge in [-0.15, -0.1) is 0 Å². The molecule has 11 heteroatoms. The van der Waals surface area contributed by atoms with Crippen molar-refractivity contribution in [2.75, 3.05) is 53.1 Å². The van der Waals surface area contributed by atoms with E-state index in [4.69, 9.17) is 15.2 Å². The van der Waals surface area contributed by atoms with Crippen LogP contribution in [0.5, 0.6) is 0 Å². The second-order valence-corrected chi connectivity index (χ2v) is 9.53. The number of amides is 3. The van der Waals surface area contributed by atoms with Gasteiger partial charge in [0.2, 0.25) is 0 Å². The molecule has 3 amide bonds. The smallest absolute Gasteiger partial charge is 0.406 e. The van der Waals surface area contributed by atoms with Gasteiger partial charge in [0.25, 0.3) is 0 Å². The molecule has 0 saturated carbocycles. The Labute approximate surface area is 211 Å². The number of methoxy groups -OCH3 is 1. The minimum absolute atomic E-state index is 0.111. The molecule has 0 aromatic heterocycles. The highest BCUT2D eigenvalue weighted by Crippen LogP contribution is 2.33. The molecule has 0 bridgehead atoms. The summed E-state index contributed by atoms with van der Waals surface area (Å²) in [5.41, 5.74) is 6.60. The average molecular weight is 513 g/mol. The fourth-order valence-electron chi connectivity index (χ4n) is 4.93. The quantitative estimate of drug-likeness (QED) is 0.415. The molecule has 9 nitrogen and oxygen atoms in total. The molecule has 0 aliphatic carbocycles. The summed E-state index contributed by atoms with van der Waals surface area (Å²) in [6.45, 7) is 3.10. The number of nitrogens with one attached hydrogen (secondary N) is 2. The number of carbonyl (C=O) groups excluding carboxylic acids is 2. The fraction of sp³-hybridized carbons (Fsp3) is 0.680. The van der Waals surface area contributed by atoms with Gasteiger partial charge in [-0.25, -0.2) is 18.4 Å². The normalized spacial score (nSPS) is 21.9. The largest absolute Gasteiger partial charge is 0.453 e. The lowest BCUT2D eigenvalue weighted by atomic mass is 9.88. The second-order valence-electron chi connectivity index (χ2n) is 9.53. The lowest BCUT2D eigenvalue weighted by Crippen LogP contribution is -2.49. The summed E-state index contributed by atoms with van der Waals surface area (Å²) in [5.74, 6) is -1.16. The van der Waals surface area contributed by atoms with Crippen LogP contribution in [0.15, 0.2) is 18.2 Å². The second kappa shape index (κ2) is 14.3. The topological polar surface area (TPSA) is 115 Å². The molecule has 202 valence electrons. The summed E-state index contributed by atoms with van der Waals surface area (Å²) in [5, 5.41) is 5.45. The Hall–Kier alpha value is -2.50. The maximum absolute atomic E-state index is 14.0. The van der Waals surface area contributed by atoms with E-state index in [1.165, 1.54) is 19.2 Å². The van der Waals surface area contributed by atoms with E-state index in [0.29, 0.717) is 37.7 Å². The number of carbonyl (C=O) groups is 2. The van der Waals surface area contributed by atoms with Crippen LogP contribution in [0.1, 0.15) is 43.8 Å². The number of rotatable bonds is 10. The molecular formula is C25H38F2N4O5. The van der Waals surface area contributed by atoms with Crippen molar-refractivity contribution in [3.63, 3.8) is 0 Å². The molecule has 3 rings (SSSR count). The van der Waals surface area contributed by atoms with Gasteiger partial charge in [0.1, 0.15) is 11.6 Å². The van der Waals surface area contributed by atoms with E-state index in [9.17, 15) is 18.4 Å². The van der Waals surface area contributed by atoms with Gasteiger partial charge < -0.3 is 35.5 Å². The lowest BCUT2D eigenvalue weighted by Gasteiger charge is -2.37. The van der Waals surface area contributed by atoms with Gasteiger partial charge in [0, 0.05) is 57.4 Å². The van der Waals surface area contributed by atoms with Crippen LogP contribution >= 0.6 is 0 Å². The van der Waals surface area contributed by atoms with Crippen LogP contribution in [0, 0.1) is 23.5 Å². The van der Waals surface area contributed by atoms with Gasteiger partial charge in [-0.05, 0) is 55.7 Å². The zero-order valence-electron chi connectivity index (χ0n) is 20.8. The third-order valence-electron chi connectivity index (χ3n) is 6.65. The van der Waals surface area contributed by atoms with E-state index in [0.717, 1.165) is 44.8 Å². The van der Waals surface area contributed by atoms with E-state index < -0.39 is 23.8 Å². The molecule has 2 saturated heterocycles. The molecule has 2 aliphatic heterocycles. The first-order chi connectivity index (χ1) is 17.4. The predicted molar refractivity (Wildman–Crippen MR) is 129 cm³/mol. The highest BCUT2D eigenvalue weighted by molar-refractivity contribution is 5.74. The molecule has 4 atom stereocenters. The van der Waals surface area contributed by atoms with Crippen molar-refractivity contribution in [1.82, 2.24) is 15.5 Å². The van der Waals surface area contributed by atoms with Crippen molar-refractivity contribution in [3.8, 4) is 0 Å². The first kappa shape index (κ1) is 28.1. The molecule has 36 heavy (non-hydrogen) atoms. The maximum atomic E-state index is 14.0. The van der Waals surface area contributed by atoms with Gasteiger partial charge in [-0.1, -0.05) is 0 Å². The molecule has 1 aromatic rings.